The summed E-state index contributed by atoms with van der Waals surface area (Å²) < 4.78 is 11.9. The average Bonchev–Trinajstić information content (AvgIpc) is 3.59. The molecular weight excluding hydrogens is 666 g/mol. The van der Waals surface area contributed by atoms with Crippen molar-refractivity contribution in [2.75, 3.05) is 34.9 Å². The van der Waals surface area contributed by atoms with Crippen LogP contribution in [0.1, 0.15) is 92.7 Å². The Bertz CT molecular complexity index is 1270. The molecule has 1 saturated heterocycles. The SMILES string of the molecule is CC[C@H](C)[C@@H](C(CC(=O)N1CCC[C@H]1[C@H](OC)[C@@H](C)C(=O)N[C@H](C)[C@@H](O)c1ccccc1)OC)N(C)C(=O)[C@@H](NC(=O)[C@H](C(C)C)N(C)O)C(C)C. The lowest BCUT2D eigenvalue weighted by atomic mass is 9.89. The van der Waals surface area contributed by atoms with E-state index in [-0.39, 0.29) is 47.9 Å². The smallest absolute Gasteiger partial charge is 0.245 e. The summed E-state index contributed by atoms with van der Waals surface area (Å²) in [6.45, 7) is 15.4. The number of nitrogens with zero attached hydrogens (tertiary/aromatic N) is 3. The molecule has 0 bridgehead atoms. The Hall–Kier alpha value is -3.10. The number of likely N-dealkylation sites (tertiary alicyclic amines) is 1. The minimum atomic E-state index is -0.886. The van der Waals surface area contributed by atoms with Gasteiger partial charge in [0.15, 0.2) is 0 Å². The topological polar surface area (TPSA) is 161 Å². The van der Waals surface area contributed by atoms with Crippen LogP contribution in [0.5, 0.6) is 0 Å². The number of carbonyl (C=O) groups excluding carboxylic acids is 4. The molecule has 0 spiro atoms. The molecule has 52 heavy (non-hydrogen) atoms. The predicted molar refractivity (Wildman–Crippen MR) is 200 cm³/mol. The standard InChI is InChI=1S/C39H67N5O8/c1-13-25(6)34(42(9)39(49)32(23(2)3)41-38(48)33(24(4)5)43(10)50)30(51-11)22-31(45)44-21-17-20-29(44)36(52-12)26(7)37(47)40-27(8)35(46)28-18-15-14-16-19-28/h14-16,18-19,23-27,29-30,32-36,46,50H,13,17,20-22H2,1-12H3,(H,40,47)(H,41,48)/t25-,26+,27+,29-,30?,32-,33-,34-,35+,36+/m0/s1. The van der Waals surface area contributed by atoms with Crippen molar-refractivity contribution < 1.29 is 39.0 Å². The molecule has 10 atom stereocenters. The summed E-state index contributed by atoms with van der Waals surface area (Å²) in [6.07, 6.45) is -0.0211. The minimum Gasteiger partial charge on any atom is -0.386 e. The fourth-order valence-electron chi connectivity index (χ4n) is 7.56. The second-order valence-corrected chi connectivity index (χ2v) is 15.2. The number of aliphatic hydroxyl groups excluding tert-OH is 1. The molecule has 1 fully saturated rings. The molecule has 1 aliphatic heterocycles. The van der Waals surface area contributed by atoms with Crippen LogP contribution in [0.4, 0.5) is 0 Å². The Morgan fingerprint density at radius 2 is 1.54 bits per heavy atom. The van der Waals surface area contributed by atoms with Crippen LogP contribution in [0.15, 0.2) is 30.3 Å². The van der Waals surface area contributed by atoms with Crippen molar-refractivity contribution in [3.63, 3.8) is 0 Å². The first-order valence-corrected chi connectivity index (χ1v) is 18.8. The molecule has 1 aromatic rings. The van der Waals surface area contributed by atoms with E-state index in [2.05, 4.69) is 10.6 Å². The molecule has 13 heteroatoms. The molecule has 296 valence electrons. The number of nitrogens with one attached hydrogen (secondary N) is 2. The fraction of sp³-hybridized carbons (Fsp3) is 0.744. The van der Waals surface area contributed by atoms with Gasteiger partial charge in [-0.05, 0) is 43.1 Å². The summed E-state index contributed by atoms with van der Waals surface area (Å²) in [6, 6.07) is 6.05. The highest BCUT2D eigenvalue weighted by Gasteiger charge is 2.43. The molecule has 1 aliphatic rings. The van der Waals surface area contributed by atoms with E-state index in [1.807, 2.05) is 71.9 Å². The maximum Gasteiger partial charge on any atom is 0.245 e. The summed E-state index contributed by atoms with van der Waals surface area (Å²) in [7, 11) is 6.18. The summed E-state index contributed by atoms with van der Waals surface area (Å²) >= 11 is 0. The molecule has 1 aromatic carbocycles. The van der Waals surface area contributed by atoms with Crippen LogP contribution in [0.25, 0.3) is 0 Å². The number of aliphatic hydroxyl groups is 1. The lowest BCUT2D eigenvalue weighted by Gasteiger charge is -2.41. The number of ether oxygens (including phenoxy) is 2. The van der Waals surface area contributed by atoms with Crippen LogP contribution in [-0.2, 0) is 28.7 Å². The van der Waals surface area contributed by atoms with Crippen LogP contribution in [-0.4, -0.2) is 126 Å². The van der Waals surface area contributed by atoms with Gasteiger partial charge in [0.25, 0.3) is 0 Å². The van der Waals surface area contributed by atoms with Crippen molar-refractivity contribution in [2.45, 2.75) is 130 Å². The first kappa shape index (κ1) is 45.1. The first-order chi connectivity index (χ1) is 24.4. The van der Waals surface area contributed by atoms with E-state index < -0.39 is 54.3 Å². The van der Waals surface area contributed by atoms with Gasteiger partial charge < -0.3 is 40.2 Å². The number of rotatable bonds is 20. The Balaban J connectivity index is 2.25. The summed E-state index contributed by atoms with van der Waals surface area (Å²) in [4.78, 5) is 58.3. The van der Waals surface area contributed by atoms with Gasteiger partial charge in [0.05, 0.1) is 48.8 Å². The maximum absolute atomic E-state index is 14.1. The van der Waals surface area contributed by atoms with Crippen molar-refractivity contribution in [2.24, 2.45) is 23.7 Å². The van der Waals surface area contributed by atoms with E-state index in [4.69, 9.17) is 9.47 Å². The van der Waals surface area contributed by atoms with Crippen molar-refractivity contribution >= 4 is 23.6 Å². The number of benzene rings is 1. The van der Waals surface area contributed by atoms with E-state index in [1.165, 1.54) is 14.2 Å². The second-order valence-electron chi connectivity index (χ2n) is 15.2. The number of methoxy groups -OCH3 is 2. The number of hydrogen-bond donors (Lipinski definition) is 4. The first-order valence-electron chi connectivity index (χ1n) is 18.8. The monoisotopic (exact) mass is 733 g/mol. The highest BCUT2D eigenvalue weighted by molar-refractivity contribution is 5.90. The molecular formula is C39H67N5O8. The van der Waals surface area contributed by atoms with Gasteiger partial charge >= 0.3 is 0 Å². The van der Waals surface area contributed by atoms with Crippen molar-refractivity contribution in [1.82, 2.24) is 25.5 Å². The molecule has 2 rings (SSSR count). The van der Waals surface area contributed by atoms with Gasteiger partial charge in [-0.2, -0.15) is 5.06 Å². The summed E-state index contributed by atoms with van der Waals surface area (Å²) in [5.41, 5.74) is 0.702. The highest BCUT2D eigenvalue weighted by atomic mass is 16.5. The third kappa shape index (κ3) is 11.4. The van der Waals surface area contributed by atoms with E-state index in [0.29, 0.717) is 24.9 Å². The van der Waals surface area contributed by atoms with Crippen molar-refractivity contribution in [1.29, 1.82) is 0 Å². The number of carbonyl (C=O) groups is 4. The lowest BCUT2D eigenvalue weighted by molar-refractivity contribution is -0.156. The van der Waals surface area contributed by atoms with E-state index >= 15 is 0 Å². The van der Waals surface area contributed by atoms with Crippen LogP contribution in [0, 0.1) is 23.7 Å². The Kier molecular flexibility index (Phi) is 18.2. The zero-order valence-corrected chi connectivity index (χ0v) is 33.5. The maximum atomic E-state index is 14.1. The van der Waals surface area contributed by atoms with Crippen LogP contribution < -0.4 is 10.6 Å². The summed E-state index contributed by atoms with van der Waals surface area (Å²) in [5.74, 6) is -2.33. The Morgan fingerprint density at radius 3 is 2.04 bits per heavy atom. The molecule has 0 radical (unpaired) electrons. The minimum absolute atomic E-state index is 0.000372. The fourth-order valence-corrected chi connectivity index (χ4v) is 7.56. The Labute approximate surface area is 311 Å². The van der Waals surface area contributed by atoms with E-state index in [0.717, 1.165) is 11.5 Å². The third-order valence-corrected chi connectivity index (χ3v) is 10.8. The van der Waals surface area contributed by atoms with Crippen molar-refractivity contribution in [3.8, 4) is 0 Å². The third-order valence-electron chi connectivity index (χ3n) is 10.8. The highest BCUT2D eigenvalue weighted by Crippen LogP contribution is 2.30. The molecule has 1 heterocycles. The quantitative estimate of drug-likeness (QED) is 0.147. The van der Waals surface area contributed by atoms with E-state index in [9.17, 15) is 29.5 Å². The van der Waals surface area contributed by atoms with Crippen molar-refractivity contribution in [3.05, 3.63) is 35.9 Å². The van der Waals surface area contributed by atoms with Gasteiger partial charge in [-0.25, -0.2) is 0 Å². The van der Waals surface area contributed by atoms with Gasteiger partial charge in [0, 0.05) is 34.9 Å². The molecule has 4 N–H and O–H groups in total. The van der Waals surface area contributed by atoms with Crippen LogP contribution in [0.2, 0.25) is 0 Å². The average molecular weight is 734 g/mol. The number of likely N-dealkylation sites (N-methyl/N-ethyl adjacent to an activating group) is 2. The predicted octanol–water partition coefficient (Wildman–Crippen LogP) is 3.63. The number of hydroxylamine groups is 2. The van der Waals surface area contributed by atoms with Crippen LogP contribution >= 0.6 is 0 Å². The van der Waals surface area contributed by atoms with Gasteiger partial charge in [-0.1, -0.05) is 85.2 Å². The van der Waals surface area contributed by atoms with Crippen LogP contribution in [0.3, 0.4) is 0 Å². The van der Waals surface area contributed by atoms with Gasteiger partial charge in [-0.15, -0.1) is 0 Å². The Morgan fingerprint density at radius 1 is 0.923 bits per heavy atom. The zero-order chi connectivity index (χ0) is 39.4. The normalized spacial score (nSPS) is 20.1. The van der Waals surface area contributed by atoms with Gasteiger partial charge in [0.1, 0.15) is 12.1 Å². The molecule has 4 amide bonds. The molecule has 13 nitrogen and oxygen atoms in total. The number of amides is 4. The number of hydrogen-bond acceptors (Lipinski definition) is 9. The molecule has 0 saturated carbocycles. The molecule has 0 aromatic heterocycles. The zero-order valence-electron chi connectivity index (χ0n) is 33.5. The second kappa shape index (κ2) is 21.0. The summed E-state index contributed by atoms with van der Waals surface area (Å²) in [5, 5.41) is 27.6. The van der Waals surface area contributed by atoms with E-state index in [1.54, 1.807) is 37.8 Å². The molecule has 1 unspecified atom stereocenters. The van der Waals surface area contributed by atoms with Gasteiger partial charge in [-0.3, -0.25) is 19.2 Å². The largest absolute Gasteiger partial charge is 0.386 e. The van der Waals surface area contributed by atoms with Gasteiger partial charge in [0.2, 0.25) is 23.6 Å². The lowest BCUT2D eigenvalue weighted by Crippen LogP contribution is -2.59. The molecule has 0 aliphatic carbocycles.